The van der Waals surface area contributed by atoms with Crippen LogP contribution < -0.4 is 5.32 Å². The van der Waals surface area contributed by atoms with Gasteiger partial charge >= 0.3 is 0 Å². The van der Waals surface area contributed by atoms with Crippen molar-refractivity contribution in [3.05, 3.63) is 0 Å². The molecule has 0 radical (unpaired) electrons. The maximum absolute atomic E-state index is 13.0. The Bertz CT molecular complexity index is 644. The highest BCUT2D eigenvalue weighted by atomic mass is 32.2. The topological polar surface area (TPSA) is 75.7 Å². The molecule has 0 bridgehead atoms. The van der Waals surface area contributed by atoms with E-state index in [0.29, 0.717) is 5.75 Å². The van der Waals surface area contributed by atoms with Crippen LogP contribution in [-0.4, -0.2) is 53.7 Å². The van der Waals surface area contributed by atoms with E-state index in [-0.39, 0.29) is 40.2 Å². The van der Waals surface area contributed by atoms with Crippen LogP contribution in [0.2, 0.25) is 18.1 Å². The molecule has 2 aliphatic heterocycles. The van der Waals surface area contributed by atoms with Crippen molar-refractivity contribution in [3.8, 4) is 0 Å². The molecule has 1 N–H and O–H groups in total. The Kier molecular flexibility index (Phi) is 5.97. The lowest BCUT2D eigenvalue weighted by atomic mass is 9.78. The van der Waals surface area contributed by atoms with Crippen LogP contribution in [-0.2, 0) is 14.0 Å². The number of nitrogens with zero attached hydrogens (tertiary/aromatic N) is 1. The molecule has 154 valence electrons. The molecule has 2 rings (SSSR count). The van der Waals surface area contributed by atoms with Gasteiger partial charge < -0.3 is 9.74 Å². The van der Waals surface area contributed by atoms with Gasteiger partial charge in [0.05, 0.1) is 29.5 Å². The number of carbonyl (C=O) groups is 3. The standard InChI is InChI=1S/C19H34N2O4SSi/c1-11(16(23)21-17(24)26-10-19(21,6)7)14-13(15(22)20-14)12(2)25-27(8,9)18(3,4)5/h11-14H,10H2,1-9H3,(H,20,22)/t11-,12-,13-,14+/m1/s1. The van der Waals surface area contributed by atoms with E-state index in [2.05, 4.69) is 39.2 Å². The molecule has 0 aromatic heterocycles. The molecule has 2 saturated heterocycles. The third kappa shape index (κ3) is 4.12. The third-order valence-corrected chi connectivity index (χ3v) is 12.1. The Morgan fingerprint density at radius 1 is 1.30 bits per heavy atom. The molecule has 0 unspecified atom stereocenters. The summed E-state index contributed by atoms with van der Waals surface area (Å²) in [5.41, 5.74) is -0.500. The first-order chi connectivity index (χ1) is 12.1. The minimum Gasteiger partial charge on any atom is -0.413 e. The molecule has 0 saturated carbocycles. The lowest BCUT2D eigenvalue weighted by Gasteiger charge is -2.47. The quantitative estimate of drug-likeness (QED) is 0.549. The summed E-state index contributed by atoms with van der Waals surface area (Å²) >= 11 is 1.17. The predicted octanol–water partition coefficient (Wildman–Crippen LogP) is 3.62. The number of thioether (sulfide) groups is 1. The van der Waals surface area contributed by atoms with Crippen LogP contribution >= 0.6 is 11.8 Å². The molecule has 0 aliphatic carbocycles. The Labute approximate surface area is 168 Å². The number of carbonyl (C=O) groups excluding carboxylic acids is 3. The smallest absolute Gasteiger partial charge is 0.288 e. The lowest BCUT2D eigenvalue weighted by molar-refractivity contribution is -0.147. The van der Waals surface area contributed by atoms with Crippen LogP contribution in [0.4, 0.5) is 4.79 Å². The molecule has 2 fully saturated rings. The van der Waals surface area contributed by atoms with Crippen molar-refractivity contribution in [2.45, 2.75) is 84.3 Å². The second kappa shape index (κ2) is 7.19. The van der Waals surface area contributed by atoms with Crippen molar-refractivity contribution in [2.24, 2.45) is 11.8 Å². The molecule has 0 aromatic rings. The molecule has 2 aliphatic rings. The van der Waals surface area contributed by atoms with Crippen molar-refractivity contribution in [1.29, 1.82) is 0 Å². The van der Waals surface area contributed by atoms with E-state index >= 15 is 0 Å². The molecule has 0 aromatic carbocycles. The Morgan fingerprint density at radius 3 is 2.26 bits per heavy atom. The van der Waals surface area contributed by atoms with Crippen LogP contribution in [0, 0.1) is 11.8 Å². The van der Waals surface area contributed by atoms with E-state index in [0.717, 1.165) is 0 Å². The summed E-state index contributed by atoms with van der Waals surface area (Å²) in [5.74, 6) is -0.543. The molecular weight excluding hydrogens is 380 g/mol. The summed E-state index contributed by atoms with van der Waals surface area (Å²) in [7, 11) is -2.03. The zero-order chi connectivity index (χ0) is 20.9. The first-order valence-corrected chi connectivity index (χ1v) is 13.5. The second-order valence-corrected chi connectivity index (χ2v) is 15.7. The zero-order valence-corrected chi connectivity index (χ0v) is 19.8. The number of hydrogen-bond donors (Lipinski definition) is 1. The van der Waals surface area contributed by atoms with Crippen LogP contribution in [0.15, 0.2) is 0 Å². The van der Waals surface area contributed by atoms with Gasteiger partial charge in [-0.2, -0.15) is 0 Å². The number of amides is 3. The molecule has 0 spiro atoms. The minimum atomic E-state index is -2.03. The van der Waals surface area contributed by atoms with Gasteiger partial charge in [0.15, 0.2) is 8.32 Å². The highest BCUT2D eigenvalue weighted by Gasteiger charge is 2.53. The van der Waals surface area contributed by atoms with E-state index in [4.69, 9.17) is 4.43 Å². The number of imide groups is 1. The minimum absolute atomic E-state index is 0.0433. The average Bonchev–Trinajstić information content (AvgIpc) is 2.74. The summed E-state index contributed by atoms with van der Waals surface area (Å²) in [4.78, 5) is 38.9. The van der Waals surface area contributed by atoms with Crippen LogP contribution in [0.25, 0.3) is 0 Å². The van der Waals surface area contributed by atoms with Gasteiger partial charge in [-0.05, 0) is 38.9 Å². The van der Waals surface area contributed by atoms with Gasteiger partial charge in [0.2, 0.25) is 11.8 Å². The van der Waals surface area contributed by atoms with Gasteiger partial charge in [-0.3, -0.25) is 19.3 Å². The SMILES string of the molecule is C[C@@H](O[Si](C)(C)C(C)(C)C)[C@H]1C(=O)N[C@H]1[C@@H](C)C(=O)N1C(=O)SCC1(C)C. The monoisotopic (exact) mass is 414 g/mol. The maximum atomic E-state index is 13.0. The van der Waals surface area contributed by atoms with Gasteiger partial charge in [0.25, 0.3) is 5.24 Å². The van der Waals surface area contributed by atoms with Crippen LogP contribution in [0.3, 0.4) is 0 Å². The molecule has 6 nitrogen and oxygen atoms in total. The highest BCUT2D eigenvalue weighted by Crippen LogP contribution is 2.40. The van der Waals surface area contributed by atoms with Crippen molar-refractivity contribution < 1.29 is 18.8 Å². The lowest BCUT2D eigenvalue weighted by Crippen LogP contribution is -2.68. The zero-order valence-electron chi connectivity index (χ0n) is 18.0. The average molecular weight is 415 g/mol. The van der Waals surface area contributed by atoms with Crippen molar-refractivity contribution in [2.75, 3.05) is 5.75 Å². The van der Waals surface area contributed by atoms with Crippen LogP contribution in [0.1, 0.15) is 48.5 Å². The fourth-order valence-corrected chi connectivity index (χ4v) is 5.93. The fraction of sp³-hybridized carbons (Fsp3) is 0.842. The van der Waals surface area contributed by atoms with Crippen molar-refractivity contribution in [1.82, 2.24) is 10.2 Å². The molecule has 4 atom stereocenters. The molecule has 8 heteroatoms. The predicted molar refractivity (Wildman–Crippen MR) is 111 cm³/mol. The summed E-state index contributed by atoms with van der Waals surface area (Å²) in [5, 5.41) is 2.71. The Balaban J connectivity index is 2.13. The Hall–Kier alpha value is -0.863. The highest BCUT2D eigenvalue weighted by molar-refractivity contribution is 8.14. The number of rotatable bonds is 5. The summed E-state index contributed by atoms with van der Waals surface area (Å²) in [6.07, 6.45) is -0.267. The number of nitrogens with one attached hydrogen (secondary N) is 1. The van der Waals surface area contributed by atoms with Gasteiger partial charge in [0.1, 0.15) is 0 Å². The van der Waals surface area contributed by atoms with Gasteiger partial charge in [0, 0.05) is 5.75 Å². The number of hydrogen-bond acceptors (Lipinski definition) is 5. The summed E-state index contributed by atoms with van der Waals surface area (Å²) in [6.45, 7) is 18.3. The summed E-state index contributed by atoms with van der Waals surface area (Å²) < 4.78 is 6.41. The van der Waals surface area contributed by atoms with E-state index < -0.39 is 19.8 Å². The first kappa shape index (κ1) is 22.4. The molecule has 27 heavy (non-hydrogen) atoms. The fourth-order valence-electron chi connectivity index (χ4n) is 3.43. The maximum Gasteiger partial charge on any atom is 0.288 e. The molecular formula is C19H34N2O4SSi. The second-order valence-electron chi connectivity index (χ2n) is 9.97. The third-order valence-electron chi connectivity index (χ3n) is 6.28. The normalized spacial score (nSPS) is 27.8. The summed E-state index contributed by atoms with van der Waals surface area (Å²) in [6, 6.07) is -0.307. The van der Waals surface area contributed by atoms with E-state index in [1.54, 1.807) is 6.92 Å². The number of β-lactam (4-membered cyclic amide) rings is 1. The van der Waals surface area contributed by atoms with Crippen LogP contribution in [0.5, 0.6) is 0 Å². The largest absolute Gasteiger partial charge is 0.413 e. The molecule has 2 heterocycles. The molecule has 3 amide bonds. The van der Waals surface area contributed by atoms with Gasteiger partial charge in [-0.25, -0.2) is 0 Å². The van der Waals surface area contributed by atoms with Crippen molar-refractivity contribution >= 4 is 37.1 Å². The van der Waals surface area contributed by atoms with Gasteiger partial charge in [-0.1, -0.05) is 39.5 Å². The van der Waals surface area contributed by atoms with E-state index in [9.17, 15) is 14.4 Å². The first-order valence-electron chi connectivity index (χ1n) is 9.59. The van der Waals surface area contributed by atoms with E-state index in [1.807, 2.05) is 20.8 Å². The van der Waals surface area contributed by atoms with Gasteiger partial charge in [-0.15, -0.1) is 0 Å². The van der Waals surface area contributed by atoms with Crippen molar-refractivity contribution in [3.63, 3.8) is 0 Å². The Morgan fingerprint density at radius 2 is 1.85 bits per heavy atom. The van der Waals surface area contributed by atoms with E-state index in [1.165, 1.54) is 16.7 Å².